The summed E-state index contributed by atoms with van der Waals surface area (Å²) in [6.07, 6.45) is 1.55. The van der Waals surface area contributed by atoms with Crippen LogP contribution in [0.2, 0.25) is 0 Å². The van der Waals surface area contributed by atoms with Crippen LogP contribution in [0.1, 0.15) is 17.3 Å². The third kappa shape index (κ3) is 3.23. The van der Waals surface area contributed by atoms with Gasteiger partial charge in [0.2, 0.25) is 0 Å². The van der Waals surface area contributed by atoms with Gasteiger partial charge in [0.25, 0.3) is 10.0 Å². The predicted molar refractivity (Wildman–Crippen MR) is 79.2 cm³/mol. The number of rotatable bonds is 4. The van der Waals surface area contributed by atoms with Gasteiger partial charge in [-0.05, 0) is 47.1 Å². The molecule has 0 saturated carbocycles. The number of nitrogens with one attached hydrogen (secondary N) is 1. The monoisotopic (exact) mass is 354 g/mol. The van der Waals surface area contributed by atoms with Crippen LogP contribution < -0.4 is 4.72 Å². The summed E-state index contributed by atoms with van der Waals surface area (Å²) < 4.78 is 27.2. The van der Waals surface area contributed by atoms with Gasteiger partial charge in [0.15, 0.2) is 5.78 Å². The van der Waals surface area contributed by atoms with E-state index in [9.17, 15) is 13.2 Å². The van der Waals surface area contributed by atoms with E-state index in [2.05, 4.69) is 25.6 Å². The van der Waals surface area contributed by atoms with Crippen molar-refractivity contribution in [2.24, 2.45) is 0 Å². The Labute approximate surface area is 125 Å². The van der Waals surface area contributed by atoms with Gasteiger partial charge in [0.1, 0.15) is 4.60 Å². The van der Waals surface area contributed by atoms with Crippen LogP contribution in [0.5, 0.6) is 0 Å². The molecule has 0 radical (unpaired) electrons. The topological polar surface area (TPSA) is 76.1 Å². The van der Waals surface area contributed by atoms with Crippen LogP contribution >= 0.6 is 15.9 Å². The summed E-state index contributed by atoms with van der Waals surface area (Å²) in [5, 5.41) is 0. The number of benzene rings is 1. The number of aromatic nitrogens is 1. The van der Waals surface area contributed by atoms with Crippen molar-refractivity contribution in [2.45, 2.75) is 11.8 Å². The molecule has 0 atom stereocenters. The fourth-order valence-electron chi connectivity index (χ4n) is 1.53. The van der Waals surface area contributed by atoms with Crippen molar-refractivity contribution in [3.05, 3.63) is 52.8 Å². The van der Waals surface area contributed by atoms with Crippen LogP contribution in [-0.2, 0) is 10.0 Å². The molecular weight excluding hydrogens is 344 g/mol. The molecule has 0 aliphatic rings. The Morgan fingerprint density at radius 3 is 2.40 bits per heavy atom. The molecule has 1 N–H and O–H groups in total. The van der Waals surface area contributed by atoms with Crippen molar-refractivity contribution in [2.75, 3.05) is 4.72 Å². The Hall–Kier alpha value is -1.73. The predicted octanol–water partition coefficient (Wildman–Crippen LogP) is 2.85. The Morgan fingerprint density at radius 2 is 1.85 bits per heavy atom. The second kappa shape index (κ2) is 5.72. The molecule has 0 saturated heterocycles. The lowest BCUT2D eigenvalue weighted by Crippen LogP contribution is -2.13. The molecule has 0 spiro atoms. The zero-order valence-corrected chi connectivity index (χ0v) is 12.9. The minimum Gasteiger partial charge on any atom is -0.295 e. The van der Waals surface area contributed by atoms with Gasteiger partial charge in [-0.1, -0.05) is 12.1 Å². The summed E-state index contributed by atoms with van der Waals surface area (Å²) in [7, 11) is -3.71. The van der Waals surface area contributed by atoms with Gasteiger partial charge in [0, 0.05) is 11.8 Å². The highest BCUT2D eigenvalue weighted by Gasteiger charge is 2.16. The maximum absolute atomic E-state index is 12.2. The summed E-state index contributed by atoms with van der Waals surface area (Å²) in [6.45, 7) is 1.43. The van der Waals surface area contributed by atoms with E-state index in [0.29, 0.717) is 15.9 Å². The number of Topliss-reactive ketones (excluding diaryl/α,β-unsaturated/α-hetero) is 1. The van der Waals surface area contributed by atoms with E-state index in [0.717, 1.165) is 0 Å². The molecular formula is C13H11BrN2O3S. The molecule has 0 unspecified atom stereocenters. The normalized spacial score (nSPS) is 11.1. The second-order valence-corrected chi connectivity index (χ2v) is 6.46. The SMILES string of the molecule is CC(=O)c1ccc(S(=O)(=O)Nc2cccnc2Br)cc1. The highest BCUT2D eigenvalue weighted by molar-refractivity contribution is 9.10. The number of carbonyl (C=O) groups is 1. The molecule has 1 heterocycles. The zero-order chi connectivity index (χ0) is 14.8. The molecule has 0 aliphatic carbocycles. The lowest BCUT2D eigenvalue weighted by Gasteiger charge is -2.09. The summed E-state index contributed by atoms with van der Waals surface area (Å²) in [5.41, 5.74) is 0.814. The number of ketones is 1. The number of halogens is 1. The molecule has 20 heavy (non-hydrogen) atoms. The molecule has 7 heteroatoms. The van der Waals surface area contributed by atoms with Crippen molar-refractivity contribution in [1.29, 1.82) is 0 Å². The average molecular weight is 355 g/mol. The second-order valence-electron chi connectivity index (χ2n) is 4.03. The van der Waals surface area contributed by atoms with Crippen LogP contribution in [0.15, 0.2) is 52.1 Å². The number of carbonyl (C=O) groups excluding carboxylic acids is 1. The number of hydrogen-bond donors (Lipinski definition) is 1. The van der Waals surface area contributed by atoms with E-state index in [-0.39, 0.29) is 10.7 Å². The maximum Gasteiger partial charge on any atom is 0.261 e. The molecule has 1 aromatic heterocycles. The molecule has 0 bridgehead atoms. The Morgan fingerprint density at radius 1 is 1.20 bits per heavy atom. The van der Waals surface area contributed by atoms with E-state index < -0.39 is 10.0 Å². The van der Waals surface area contributed by atoms with Gasteiger partial charge >= 0.3 is 0 Å². The molecule has 5 nitrogen and oxygen atoms in total. The van der Waals surface area contributed by atoms with Crippen molar-refractivity contribution in [3.8, 4) is 0 Å². The average Bonchev–Trinajstić information content (AvgIpc) is 2.41. The van der Waals surface area contributed by atoms with Gasteiger partial charge in [-0.15, -0.1) is 0 Å². The molecule has 1 aromatic carbocycles. The first-order valence-corrected chi connectivity index (χ1v) is 7.92. The Bertz CT molecular complexity index is 742. The highest BCUT2D eigenvalue weighted by Crippen LogP contribution is 2.22. The molecule has 0 fully saturated rings. The first kappa shape index (κ1) is 14.7. The molecule has 104 valence electrons. The van der Waals surface area contributed by atoms with E-state index in [1.807, 2.05) is 0 Å². The first-order chi connectivity index (χ1) is 9.40. The number of sulfonamides is 1. The fraction of sp³-hybridized carbons (Fsp3) is 0.0769. The van der Waals surface area contributed by atoms with Crippen LogP contribution in [0.3, 0.4) is 0 Å². The van der Waals surface area contributed by atoms with E-state index in [1.165, 1.54) is 31.2 Å². The van der Waals surface area contributed by atoms with Gasteiger partial charge in [-0.25, -0.2) is 13.4 Å². The molecule has 0 amide bonds. The summed E-state index contributed by atoms with van der Waals surface area (Å²) in [5.74, 6) is -0.114. The number of hydrogen-bond acceptors (Lipinski definition) is 4. The van der Waals surface area contributed by atoms with Crippen molar-refractivity contribution < 1.29 is 13.2 Å². The number of nitrogens with zero attached hydrogens (tertiary/aromatic N) is 1. The van der Waals surface area contributed by atoms with E-state index in [1.54, 1.807) is 18.3 Å². The minimum atomic E-state index is -3.71. The van der Waals surface area contributed by atoms with Gasteiger partial charge in [-0.3, -0.25) is 9.52 Å². The number of pyridine rings is 1. The summed E-state index contributed by atoms with van der Waals surface area (Å²) in [6, 6.07) is 8.97. The van der Waals surface area contributed by atoms with Crippen LogP contribution in [0.4, 0.5) is 5.69 Å². The molecule has 0 aliphatic heterocycles. The lowest BCUT2D eigenvalue weighted by atomic mass is 10.2. The minimum absolute atomic E-state index is 0.0817. The fourth-order valence-corrected chi connectivity index (χ4v) is 3.08. The smallest absolute Gasteiger partial charge is 0.261 e. The Kier molecular flexibility index (Phi) is 4.20. The van der Waals surface area contributed by atoms with Crippen LogP contribution in [0.25, 0.3) is 0 Å². The zero-order valence-electron chi connectivity index (χ0n) is 10.5. The van der Waals surface area contributed by atoms with Crippen molar-refractivity contribution >= 4 is 37.4 Å². The van der Waals surface area contributed by atoms with Crippen LogP contribution in [0, 0.1) is 0 Å². The third-order valence-electron chi connectivity index (χ3n) is 2.57. The lowest BCUT2D eigenvalue weighted by molar-refractivity contribution is 0.101. The largest absolute Gasteiger partial charge is 0.295 e. The van der Waals surface area contributed by atoms with Gasteiger partial charge in [-0.2, -0.15) is 0 Å². The highest BCUT2D eigenvalue weighted by atomic mass is 79.9. The standard InChI is InChI=1S/C13H11BrN2O3S/c1-9(17)10-4-6-11(7-5-10)20(18,19)16-12-3-2-8-15-13(12)14/h2-8,16H,1H3. The van der Waals surface area contributed by atoms with Crippen LogP contribution in [-0.4, -0.2) is 19.2 Å². The Balaban J connectivity index is 2.31. The summed E-state index contributed by atoms with van der Waals surface area (Å²) >= 11 is 3.17. The van der Waals surface area contributed by atoms with E-state index in [4.69, 9.17) is 0 Å². The van der Waals surface area contributed by atoms with Gasteiger partial charge < -0.3 is 0 Å². The van der Waals surface area contributed by atoms with Crippen molar-refractivity contribution in [3.63, 3.8) is 0 Å². The molecule has 2 rings (SSSR count). The maximum atomic E-state index is 12.2. The quantitative estimate of drug-likeness (QED) is 0.676. The molecule has 2 aromatic rings. The summed E-state index contributed by atoms with van der Waals surface area (Å²) in [4.78, 5) is 15.2. The van der Waals surface area contributed by atoms with E-state index >= 15 is 0 Å². The van der Waals surface area contributed by atoms with Gasteiger partial charge in [0.05, 0.1) is 10.6 Å². The first-order valence-electron chi connectivity index (χ1n) is 5.64. The third-order valence-corrected chi connectivity index (χ3v) is 4.59. The number of anilines is 1. The van der Waals surface area contributed by atoms with Crippen molar-refractivity contribution in [1.82, 2.24) is 4.98 Å².